The van der Waals surface area contributed by atoms with Crippen molar-refractivity contribution in [2.45, 2.75) is 25.8 Å². The highest BCUT2D eigenvalue weighted by Crippen LogP contribution is 2.11. The van der Waals surface area contributed by atoms with Gasteiger partial charge in [-0.25, -0.2) is 0 Å². The number of amides is 2. The summed E-state index contributed by atoms with van der Waals surface area (Å²) in [6, 6.07) is 4.58. The molecule has 0 fully saturated rings. The monoisotopic (exact) mass is 323 g/mol. The number of hydrogen-bond acceptors (Lipinski definition) is 5. The van der Waals surface area contributed by atoms with E-state index < -0.39 is 22.8 Å². The van der Waals surface area contributed by atoms with E-state index in [4.69, 9.17) is 5.11 Å². The standard InChI is InChI=1S/C14H17N3O6/c1-9(8-13(19)20)16-12(18)6-7-15-14(21)10-2-4-11(5-3-10)17(22)23/h2-5,9H,6-8H2,1H3,(H,15,21)(H,16,18)(H,19,20). The van der Waals surface area contributed by atoms with E-state index in [2.05, 4.69) is 10.6 Å². The SMILES string of the molecule is CC(CC(=O)O)NC(=O)CCNC(=O)c1ccc([N+](=O)[O-])cc1. The Morgan fingerprint density at radius 1 is 1.26 bits per heavy atom. The molecule has 0 heterocycles. The molecule has 1 aromatic carbocycles. The van der Waals surface area contributed by atoms with E-state index in [1.54, 1.807) is 6.92 Å². The number of carbonyl (C=O) groups excluding carboxylic acids is 2. The molecule has 0 spiro atoms. The molecular formula is C14H17N3O6. The Hall–Kier alpha value is -2.97. The van der Waals surface area contributed by atoms with Gasteiger partial charge in [-0.05, 0) is 19.1 Å². The molecule has 1 atom stereocenters. The van der Waals surface area contributed by atoms with Crippen LogP contribution in [-0.4, -0.2) is 40.4 Å². The van der Waals surface area contributed by atoms with Crippen LogP contribution in [0.15, 0.2) is 24.3 Å². The third-order valence-corrected chi connectivity index (χ3v) is 2.87. The summed E-state index contributed by atoms with van der Waals surface area (Å²) >= 11 is 0. The number of nitro benzene ring substituents is 1. The summed E-state index contributed by atoms with van der Waals surface area (Å²) in [5, 5.41) is 24.1. The Labute approximate surface area is 131 Å². The van der Waals surface area contributed by atoms with Crippen LogP contribution >= 0.6 is 0 Å². The maximum atomic E-state index is 11.8. The number of rotatable bonds is 8. The van der Waals surface area contributed by atoms with Gasteiger partial charge in [-0.2, -0.15) is 0 Å². The van der Waals surface area contributed by atoms with E-state index in [0.29, 0.717) is 0 Å². The second kappa shape index (κ2) is 8.47. The van der Waals surface area contributed by atoms with Crippen LogP contribution in [0.5, 0.6) is 0 Å². The van der Waals surface area contributed by atoms with Crippen molar-refractivity contribution in [3.05, 3.63) is 39.9 Å². The minimum atomic E-state index is -1.01. The van der Waals surface area contributed by atoms with Gasteiger partial charge in [0.05, 0.1) is 11.3 Å². The molecule has 1 unspecified atom stereocenters. The lowest BCUT2D eigenvalue weighted by Gasteiger charge is -2.11. The molecule has 0 saturated heterocycles. The lowest BCUT2D eigenvalue weighted by Crippen LogP contribution is -2.36. The molecule has 1 rings (SSSR count). The molecule has 0 aliphatic rings. The number of carboxylic acids is 1. The first-order chi connectivity index (χ1) is 10.8. The Kier molecular flexibility index (Phi) is 6.66. The lowest BCUT2D eigenvalue weighted by atomic mass is 10.2. The fourth-order valence-electron chi connectivity index (χ4n) is 1.79. The highest BCUT2D eigenvalue weighted by molar-refractivity contribution is 5.94. The number of carbonyl (C=O) groups is 3. The van der Waals surface area contributed by atoms with Crippen molar-refractivity contribution in [1.82, 2.24) is 10.6 Å². The van der Waals surface area contributed by atoms with E-state index in [0.717, 1.165) is 0 Å². The molecule has 0 aliphatic heterocycles. The third-order valence-electron chi connectivity index (χ3n) is 2.87. The van der Waals surface area contributed by atoms with Crippen LogP contribution in [0, 0.1) is 10.1 Å². The second-order valence-corrected chi connectivity index (χ2v) is 4.88. The minimum absolute atomic E-state index is 0.00266. The van der Waals surface area contributed by atoms with Gasteiger partial charge in [0.25, 0.3) is 11.6 Å². The fraction of sp³-hybridized carbons (Fsp3) is 0.357. The molecule has 9 heteroatoms. The van der Waals surface area contributed by atoms with Gasteiger partial charge in [0, 0.05) is 36.7 Å². The predicted molar refractivity (Wildman–Crippen MR) is 79.9 cm³/mol. The maximum Gasteiger partial charge on any atom is 0.305 e. The average molecular weight is 323 g/mol. The van der Waals surface area contributed by atoms with Crippen LogP contribution in [0.3, 0.4) is 0 Å². The van der Waals surface area contributed by atoms with Crippen molar-refractivity contribution in [3.63, 3.8) is 0 Å². The highest BCUT2D eigenvalue weighted by atomic mass is 16.6. The van der Waals surface area contributed by atoms with Crippen LogP contribution in [-0.2, 0) is 9.59 Å². The summed E-state index contributed by atoms with van der Waals surface area (Å²) in [6.07, 6.45) is -0.177. The van der Waals surface area contributed by atoms with Crippen LogP contribution in [0.4, 0.5) is 5.69 Å². The fourth-order valence-corrected chi connectivity index (χ4v) is 1.79. The van der Waals surface area contributed by atoms with Gasteiger partial charge in [-0.3, -0.25) is 24.5 Å². The van der Waals surface area contributed by atoms with Gasteiger partial charge in [-0.15, -0.1) is 0 Å². The number of hydrogen-bond donors (Lipinski definition) is 3. The Balaban J connectivity index is 2.37. The molecule has 0 radical (unpaired) electrons. The summed E-state index contributed by atoms with van der Waals surface area (Å²) in [6.45, 7) is 1.64. The normalized spacial score (nSPS) is 11.3. The molecule has 124 valence electrons. The van der Waals surface area contributed by atoms with Crippen molar-refractivity contribution in [3.8, 4) is 0 Å². The van der Waals surface area contributed by atoms with E-state index in [-0.39, 0.29) is 36.5 Å². The van der Waals surface area contributed by atoms with E-state index in [1.165, 1.54) is 24.3 Å². The van der Waals surface area contributed by atoms with Gasteiger partial charge in [0.1, 0.15) is 0 Å². The molecular weight excluding hydrogens is 306 g/mol. The second-order valence-electron chi connectivity index (χ2n) is 4.88. The first-order valence-electron chi connectivity index (χ1n) is 6.83. The van der Waals surface area contributed by atoms with Gasteiger partial charge in [0.2, 0.25) is 5.91 Å². The van der Waals surface area contributed by atoms with E-state index in [1.807, 2.05) is 0 Å². The molecule has 3 N–H and O–H groups in total. The molecule has 0 aromatic heterocycles. The molecule has 23 heavy (non-hydrogen) atoms. The summed E-state index contributed by atoms with van der Waals surface area (Å²) in [7, 11) is 0. The van der Waals surface area contributed by atoms with E-state index >= 15 is 0 Å². The van der Waals surface area contributed by atoms with Crippen LogP contribution in [0.1, 0.15) is 30.1 Å². The van der Waals surface area contributed by atoms with Crippen LogP contribution in [0.25, 0.3) is 0 Å². The zero-order valence-electron chi connectivity index (χ0n) is 12.4. The van der Waals surface area contributed by atoms with Gasteiger partial charge in [0.15, 0.2) is 0 Å². The maximum absolute atomic E-state index is 11.8. The number of nitrogens with one attached hydrogen (secondary N) is 2. The minimum Gasteiger partial charge on any atom is -0.481 e. The van der Waals surface area contributed by atoms with E-state index in [9.17, 15) is 24.5 Å². The number of carboxylic acid groups (broad SMARTS) is 1. The van der Waals surface area contributed by atoms with Crippen LogP contribution < -0.4 is 10.6 Å². The predicted octanol–water partition coefficient (Wildman–Crippen LogP) is 0.694. The topological polar surface area (TPSA) is 139 Å². The van der Waals surface area contributed by atoms with Crippen molar-refractivity contribution < 1.29 is 24.4 Å². The molecule has 1 aromatic rings. The lowest BCUT2D eigenvalue weighted by molar-refractivity contribution is -0.384. The molecule has 0 bridgehead atoms. The Bertz CT molecular complexity index is 599. The van der Waals surface area contributed by atoms with Crippen molar-refractivity contribution in [2.75, 3.05) is 6.54 Å². The molecule has 0 saturated carbocycles. The number of nitrogens with zero attached hydrogens (tertiary/aromatic N) is 1. The van der Waals surface area contributed by atoms with Crippen molar-refractivity contribution in [1.29, 1.82) is 0 Å². The molecule has 2 amide bonds. The summed E-state index contributed by atoms with van der Waals surface area (Å²) < 4.78 is 0. The summed E-state index contributed by atoms with van der Waals surface area (Å²) in [5.41, 5.74) is 0.128. The highest BCUT2D eigenvalue weighted by Gasteiger charge is 2.12. The summed E-state index contributed by atoms with van der Waals surface area (Å²) in [5.74, 6) is -1.83. The Morgan fingerprint density at radius 2 is 1.87 bits per heavy atom. The molecule has 0 aliphatic carbocycles. The first-order valence-corrected chi connectivity index (χ1v) is 6.83. The average Bonchev–Trinajstić information content (AvgIpc) is 2.46. The van der Waals surface area contributed by atoms with Gasteiger partial charge >= 0.3 is 5.97 Å². The van der Waals surface area contributed by atoms with Crippen molar-refractivity contribution in [2.24, 2.45) is 0 Å². The number of aliphatic carboxylic acids is 1. The third kappa shape index (κ3) is 6.55. The first kappa shape index (κ1) is 18.1. The van der Waals surface area contributed by atoms with Crippen molar-refractivity contribution >= 4 is 23.5 Å². The Morgan fingerprint density at radius 3 is 2.39 bits per heavy atom. The zero-order valence-corrected chi connectivity index (χ0v) is 12.4. The van der Waals surface area contributed by atoms with Gasteiger partial charge in [-0.1, -0.05) is 0 Å². The number of nitro groups is 1. The number of benzene rings is 1. The summed E-state index contributed by atoms with van der Waals surface area (Å²) in [4.78, 5) is 43.7. The van der Waals surface area contributed by atoms with Crippen LogP contribution in [0.2, 0.25) is 0 Å². The van der Waals surface area contributed by atoms with Gasteiger partial charge < -0.3 is 15.7 Å². The smallest absolute Gasteiger partial charge is 0.305 e. The number of non-ortho nitro benzene ring substituents is 1. The quantitative estimate of drug-likeness (QED) is 0.475. The zero-order chi connectivity index (χ0) is 17.4. The largest absolute Gasteiger partial charge is 0.481 e. The molecule has 9 nitrogen and oxygen atoms in total.